The van der Waals surface area contributed by atoms with Crippen molar-refractivity contribution in [3.05, 3.63) is 35.4 Å². The molecule has 2 atom stereocenters. The Labute approximate surface area is 116 Å². The van der Waals surface area contributed by atoms with Crippen molar-refractivity contribution in [2.24, 2.45) is 0 Å². The first-order valence-electron chi connectivity index (χ1n) is 7.30. The normalized spacial score (nSPS) is 20.9. The van der Waals surface area contributed by atoms with Crippen molar-refractivity contribution in [1.29, 1.82) is 0 Å². The highest BCUT2D eigenvalue weighted by atomic mass is 16.2. The Balaban J connectivity index is 2.19. The molecule has 0 bridgehead atoms. The molecule has 1 aliphatic rings. The lowest BCUT2D eigenvalue weighted by Gasteiger charge is -2.30. The summed E-state index contributed by atoms with van der Waals surface area (Å²) in [6.45, 7) is 6.91. The van der Waals surface area contributed by atoms with Crippen LogP contribution in [0.2, 0.25) is 0 Å². The van der Waals surface area contributed by atoms with Crippen molar-refractivity contribution in [2.75, 3.05) is 6.54 Å². The van der Waals surface area contributed by atoms with Crippen LogP contribution in [-0.4, -0.2) is 23.4 Å². The van der Waals surface area contributed by atoms with Crippen molar-refractivity contribution >= 4 is 5.91 Å². The lowest BCUT2D eigenvalue weighted by atomic mass is 10.1. The molecule has 0 aromatic heterocycles. The summed E-state index contributed by atoms with van der Waals surface area (Å²) < 4.78 is 0. The Morgan fingerprint density at radius 2 is 2.00 bits per heavy atom. The van der Waals surface area contributed by atoms with E-state index in [-0.39, 0.29) is 12.1 Å². The number of hydrogen-bond acceptors (Lipinski definition) is 2. The third-order valence-electron chi connectivity index (χ3n) is 3.90. The van der Waals surface area contributed by atoms with Gasteiger partial charge in [-0.25, -0.2) is 0 Å². The van der Waals surface area contributed by atoms with Crippen molar-refractivity contribution in [2.45, 2.75) is 52.2 Å². The first-order valence-corrected chi connectivity index (χ1v) is 7.30. The molecule has 104 valence electrons. The van der Waals surface area contributed by atoms with Crippen LogP contribution >= 0.6 is 0 Å². The molecule has 1 saturated heterocycles. The number of nitrogens with zero attached hydrogens (tertiary/aromatic N) is 1. The van der Waals surface area contributed by atoms with Crippen molar-refractivity contribution in [3.63, 3.8) is 0 Å². The molecule has 0 spiro atoms. The summed E-state index contributed by atoms with van der Waals surface area (Å²) in [7, 11) is 0. The van der Waals surface area contributed by atoms with Gasteiger partial charge in [0.25, 0.3) is 0 Å². The number of rotatable bonds is 5. The Bertz CT molecular complexity index is 427. The molecule has 1 aromatic carbocycles. The molecule has 2 rings (SSSR count). The average Bonchev–Trinajstić information content (AvgIpc) is 2.81. The fourth-order valence-corrected chi connectivity index (χ4v) is 2.79. The summed E-state index contributed by atoms with van der Waals surface area (Å²) in [5.74, 6) is 0.213. The Hall–Kier alpha value is -1.35. The summed E-state index contributed by atoms with van der Waals surface area (Å²) >= 11 is 0. The highest BCUT2D eigenvalue weighted by Gasteiger charge is 2.34. The molecular weight excluding hydrogens is 236 g/mol. The van der Waals surface area contributed by atoms with E-state index in [4.69, 9.17) is 0 Å². The van der Waals surface area contributed by atoms with Gasteiger partial charge in [-0.1, -0.05) is 44.5 Å². The van der Waals surface area contributed by atoms with Crippen molar-refractivity contribution < 1.29 is 4.79 Å². The number of aryl methyl sites for hydroxylation is 1. The largest absolute Gasteiger partial charge is 0.319 e. The van der Waals surface area contributed by atoms with Gasteiger partial charge in [0.2, 0.25) is 5.91 Å². The van der Waals surface area contributed by atoms with Gasteiger partial charge in [-0.2, -0.15) is 0 Å². The lowest BCUT2D eigenvalue weighted by Crippen LogP contribution is -2.37. The fraction of sp³-hybridized carbons (Fsp3) is 0.562. The monoisotopic (exact) mass is 260 g/mol. The minimum atomic E-state index is 0.0416. The van der Waals surface area contributed by atoms with E-state index in [1.165, 1.54) is 11.1 Å². The standard InChI is InChI=1S/C16H24N2O/c1-4-6-12(3)18-15(19)11-17-16(18)14-9-7-13(5-2)8-10-14/h7-10,12,16-17H,4-6,11H2,1-3H3. The molecule has 3 heteroatoms. The number of benzene rings is 1. The third kappa shape index (κ3) is 2.98. The molecule has 1 N–H and O–H groups in total. The summed E-state index contributed by atoms with van der Waals surface area (Å²) in [5.41, 5.74) is 2.52. The van der Waals surface area contributed by atoms with Gasteiger partial charge in [-0.05, 0) is 30.9 Å². The quantitative estimate of drug-likeness (QED) is 0.883. The van der Waals surface area contributed by atoms with Gasteiger partial charge in [0, 0.05) is 6.04 Å². The Morgan fingerprint density at radius 3 is 2.58 bits per heavy atom. The highest BCUT2D eigenvalue weighted by molar-refractivity contribution is 5.81. The number of carbonyl (C=O) groups excluding carboxylic acids is 1. The maximum absolute atomic E-state index is 12.1. The number of carbonyl (C=O) groups is 1. The van der Waals surface area contributed by atoms with Crippen LogP contribution in [0, 0.1) is 0 Å². The van der Waals surface area contributed by atoms with Crippen LogP contribution in [0.25, 0.3) is 0 Å². The lowest BCUT2D eigenvalue weighted by molar-refractivity contribution is -0.130. The molecule has 1 amide bonds. The van der Waals surface area contributed by atoms with E-state index in [9.17, 15) is 4.79 Å². The van der Waals surface area contributed by atoms with Gasteiger partial charge >= 0.3 is 0 Å². The molecule has 1 heterocycles. The number of amides is 1. The molecule has 1 aliphatic heterocycles. The van der Waals surface area contributed by atoms with Crippen molar-refractivity contribution in [3.8, 4) is 0 Å². The molecule has 1 fully saturated rings. The second kappa shape index (κ2) is 6.20. The van der Waals surface area contributed by atoms with E-state index in [2.05, 4.69) is 50.4 Å². The highest BCUT2D eigenvalue weighted by Crippen LogP contribution is 2.26. The van der Waals surface area contributed by atoms with Gasteiger partial charge in [0.1, 0.15) is 6.17 Å². The second-order valence-electron chi connectivity index (χ2n) is 5.32. The Kier molecular flexibility index (Phi) is 4.59. The topological polar surface area (TPSA) is 32.3 Å². The van der Waals surface area contributed by atoms with Crippen molar-refractivity contribution in [1.82, 2.24) is 10.2 Å². The second-order valence-corrected chi connectivity index (χ2v) is 5.32. The van der Waals surface area contributed by atoms with Crippen LogP contribution in [0.15, 0.2) is 24.3 Å². The van der Waals surface area contributed by atoms with E-state index in [0.717, 1.165) is 19.3 Å². The van der Waals surface area contributed by atoms with Crippen LogP contribution < -0.4 is 5.32 Å². The minimum Gasteiger partial charge on any atom is -0.319 e. The van der Waals surface area contributed by atoms with Gasteiger partial charge < -0.3 is 4.90 Å². The summed E-state index contributed by atoms with van der Waals surface area (Å²) in [4.78, 5) is 14.1. The van der Waals surface area contributed by atoms with Gasteiger partial charge in [0.05, 0.1) is 6.54 Å². The molecule has 3 nitrogen and oxygen atoms in total. The average molecular weight is 260 g/mol. The fourth-order valence-electron chi connectivity index (χ4n) is 2.79. The SMILES string of the molecule is CCCC(C)N1C(=O)CNC1c1ccc(CC)cc1. The van der Waals surface area contributed by atoms with E-state index >= 15 is 0 Å². The molecular formula is C16H24N2O. The maximum Gasteiger partial charge on any atom is 0.238 e. The summed E-state index contributed by atoms with van der Waals surface area (Å²) in [5, 5.41) is 3.33. The third-order valence-corrected chi connectivity index (χ3v) is 3.90. The zero-order valence-corrected chi connectivity index (χ0v) is 12.1. The molecule has 0 radical (unpaired) electrons. The number of hydrogen-bond donors (Lipinski definition) is 1. The van der Waals surface area contributed by atoms with Gasteiger partial charge in [-0.3, -0.25) is 10.1 Å². The summed E-state index contributed by atoms with van der Waals surface area (Å²) in [6, 6.07) is 8.88. The van der Waals surface area contributed by atoms with E-state index < -0.39 is 0 Å². The van der Waals surface area contributed by atoms with Crippen LogP contribution in [0.1, 0.15) is 50.9 Å². The Morgan fingerprint density at radius 1 is 1.32 bits per heavy atom. The van der Waals surface area contributed by atoms with E-state index in [0.29, 0.717) is 12.6 Å². The van der Waals surface area contributed by atoms with Crippen LogP contribution in [0.5, 0.6) is 0 Å². The summed E-state index contributed by atoms with van der Waals surface area (Å²) in [6.07, 6.45) is 3.25. The minimum absolute atomic E-state index is 0.0416. The maximum atomic E-state index is 12.1. The van der Waals surface area contributed by atoms with Gasteiger partial charge in [0.15, 0.2) is 0 Å². The van der Waals surface area contributed by atoms with Gasteiger partial charge in [-0.15, -0.1) is 0 Å². The molecule has 0 saturated carbocycles. The van der Waals surface area contributed by atoms with E-state index in [1.807, 2.05) is 4.90 Å². The predicted octanol–water partition coefficient (Wildman–Crippen LogP) is 2.87. The smallest absolute Gasteiger partial charge is 0.238 e. The van der Waals surface area contributed by atoms with Crippen LogP contribution in [0.3, 0.4) is 0 Å². The van der Waals surface area contributed by atoms with E-state index in [1.54, 1.807) is 0 Å². The van der Waals surface area contributed by atoms with Crippen LogP contribution in [0.4, 0.5) is 0 Å². The first-order chi connectivity index (χ1) is 9.17. The molecule has 19 heavy (non-hydrogen) atoms. The molecule has 2 unspecified atom stereocenters. The molecule has 0 aliphatic carbocycles. The zero-order chi connectivity index (χ0) is 13.8. The van der Waals surface area contributed by atoms with Crippen LogP contribution in [-0.2, 0) is 11.2 Å². The molecule has 1 aromatic rings. The predicted molar refractivity (Wildman–Crippen MR) is 77.8 cm³/mol. The zero-order valence-electron chi connectivity index (χ0n) is 12.1. The number of nitrogens with one attached hydrogen (secondary N) is 1. The first kappa shape index (κ1) is 14.1.